The van der Waals surface area contributed by atoms with Gasteiger partial charge in [-0.3, -0.25) is 14.6 Å². The van der Waals surface area contributed by atoms with E-state index in [-0.39, 0.29) is 17.7 Å². The van der Waals surface area contributed by atoms with Crippen LogP contribution < -0.4 is 0 Å². The number of carbonyl (C=O) groups excluding carboxylic acids is 2. The van der Waals surface area contributed by atoms with Crippen molar-refractivity contribution >= 4 is 23.2 Å². The number of hydrogen-bond donors (Lipinski definition) is 0. The number of rotatable bonds is 5. The number of aromatic nitrogens is 1. The summed E-state index contributed by atoms with van der Waals surface area (Å²) in [6.07, 6.45) is 2.01. The van der Waals surface area contributed by atoms with Crippen LogP contribution in [0.2, 0.25) is 0 Å². The van der Waals surface area contributed by atoms with Crippen LogP contribution in [-0.2, 0) is 22.7 Å². The highest BCUT2D eigenvalue weighted by Gasteiger charge is 2.35. The molecule has 2 aromatic rings. The van der Waals surface area contributed by atoms with Gasteiger partial charge in [0, 0.05) is 32.8 Å². The topological polar surface area (TPSA) is 53.5 Å². The molecule has 1 aliphatic rings. The van der Waals surface area contributed by atoms with Crippen LogP contribution in [0, 0.1) is 5.92 Å². The molecular weight excluding hydrogens is 310 g/mol. The summed E-state index contributed by atoms with van der Waals surface area (Å²) in [6.45, 7) is 1.53. The summed E-state index contributed by atoms with van der Waals surface area (Å²) in [5.41, 5.74) is 1.97. The highest BCUT2D eigenvalue weighted by atomic mass is 32.1. The summed E-state index contributed by atoms with van der Waals surface area (Å²) in [4.78, 5) is 32.4. The number of carbonyl (C=O) groups is 2. The van der Waals surface area contributed by atoms with Crippen molar-refractivity contribution in [3.63, 3.8) is 0 Å². The Labute approximate surface area is 139 Å². The van der Waals surface area contributed by atoms with Crippen LogP contribution in [0.3, 0.4) is 0 Å². The van der Waals surface area contributed by atoms with Gasteiger partial charge in [-0.1, -0.05) is 6.07 Å². The first-order valence-electron chi connectivity index (χ1n) is 7.57. The molecule has 0 saturated carbocycles. The van der Waals surface area contributed by atoms with Crippen molar-refractivity contribution < 1.29 is 9.59 Å². The van der Waals surface area contributed by atoms with Gasteiger partial charge in [-0.25, -0.2) is 0 Å². The first-order valence-corrected chi connectivity index (χ1v) is 8.51. The Balaban J connectivity index is 1.59. The van der Waals surface area contributed by atoms with Gasteiger partial charge in [-0.05, 0) is 34.5 Å². The van der Waals surface area contributed by atoms with E-state index in [4.69, 9.17) is 0 Å². The second kappa shape index (κ2) is 6.91. The summed E-state index contributed by atoms with van der Waals surface area (Å²) in [6, 6.07) is 7.66. The van der Waals surface area contributed by atoms with E-state index in [0.717, 1.165) is 11.3 Å². The van der Waals surface area contributed by atoms with E-state index in [0.29, 0.717) is 26.1 Å². The van der Waals surface area contributed by atoms with Crippen molar-refractivity contribution in [3.05, 3.63) is 52.5 Å². The molecular formula is C17H19N3O2S. The van der Waals surface area contributed by atoms with E-state index in [1.165, 1.54) is 0 Å². The second-order valence-corrected chi connectivity index (χ2v) is 6.60. The Hall–Kier alpha value is -2.21. The number of thiophene rings is 1. The lowest BCUT2D eigenvalue weighted by Crippen LogP contribution is -2.34. The molecule has 2 amide bonds. The van der Waals surface area contributed by atoms with E-state index in [1.54, 1.807) is 34.4 Å². The number of likely N-dealkylation sites (tertiary alicyclic amines) is 1. The average molecular weight is 329 g/mol. The van der Waals surface area contributed by atoms with E-state index < -0.39 is 0 Å². The first-order chi connectivity index (χ1) is 11.1. The molecule has 0 bridgehead atoms. The van der Waals surface area contributed by atoms with Crippen molar-refractivity contribution in [2.75, 3.05) is 13.6 Å². The molecule has 0 unspecified atom stereocenters. The van der Waals surface area contributed by atoms with E-state index in [2.05, 4.69) is 4.98 Å². The van der Waals surface area contributed by atoms with Crippen LogP contribution in [-0.4, -0.2) is 40.2 Å². The molecule has 0 radical (unpaired) electrons. The number of amides is 2. The molecule has 1 aliphatic heterocycles. The standard InChI is InChI=1S/C17H19N3O2S/c1-19(9-13-5-7-23-12-13)17(22)14-8-16(21)20(10-14)11-15-4-2-3-6-18-15/h2-7,12,14H,8-11H2,1H3/t14-/m0/s1. The summed E-state index contributed by atoms with van der Waals surface area (Å²) in [5.74, 6) is -0.194. The monoisotopic (exact) mass is 329 g/mol. The lowest BCUT2D eigenvalue weighted by molar-refractivity contribution is -0.135. The summed E-state index contributed by atoms with van der Waals surface area (Å²) in [7, 11) is 1.80. The van der Waals surface area contributed by atoms with Gasteiger partial charge >= 0.3 is 0 Å². The normalized spacial score (nSPS) is 17.5. The van der Waals surface area contributed by atoms with Crippen LogP contribution in [0.15, 0.2) is 41.2 Å². The highest BCUT2D eigenvalue weighted by Crippen LogP contribution is 2.22. The number of nitrogens with zero attached hydrogens (tertiary/aromatic N) is 3. The molecule has 1 fully saturated rings. The highest BCUT2D eigenvalue weighted by molar-refractivity contribution is 7.07. The molecule has 120 valence electrons. The maximum Gasteiger partial charge on any atom is 0.228 e. The maximum absolute atomic E-state index is 12.5. The average Bonchev–Trinajstić information content (AvgIpc) is 3.18. The van der Waals surface area contributed by atoms with Gasteiger partial charge in [0.05, 0.1) is 18.2 Å². The molecule has 3 heterocycles. The van der Waals surface area contributed by atoms with Gasteiger partial charge < -0.3 is 9.80 Å². The second-order valence-electron chi connectivity index (χ2n) is 5.82. The zero-order chi connectivity index (χ0) is 16.2. The number of pyridine rings is 1. The lowest BCUT2D eigenvalue weighted by atomic mass is 10.1. The molecule has 0 N–H and O–H groups in total. The zero-order valence-electron chi connectivity index (χ0n) is 13.0. The third-order valence-electron chi connectivity index (χ3n) is 4.02. The minimum absolute atomic E-state index is 0.0259. The zero-order valence-corrected chi connectivity index (χ0v) is 13.8. The molecule has 6 heteroatoms. The SMILES string of the molecule is CN(Cc1ccsc1)C(=O)[C@H]1CC(=O)N(Cc2ccccn2)C1. The minimum atomic E-state index is -0.255. The number of hydrogen-bond acceptors (Lipinski definition) is 4. The van der Waals surface area contributed by atoms with E-state index in [9.17, 15) is 9.59 Å². The van der Waals surface area contributed by atoms with Crippen molar-refractivity contribution in [3.8, 4) is 0 Å². The summed E-state index contributed by atoms with van der Waals surface area (Å²) < 4.78 is 0. The van der Waals surface area contributed by atoms with Crippen LogP contribution in [0.4, 0.5) is 0 Å². The van der Waals surface area contributed by atoms with Gasteiger partial charge in [0.15, 0.2) is 0 Å². The van der Waals surface area contributed by atoms with Crippen molar-refractivity contribution in [2.24, 2.45) is 5.92 Å². The minimum Gasteiger partial charge on any atom is -0.341 e. The van der Waals surface area contributed by atoms with Crippen LogP contribution in [0.25, 0.3) is 0 Å². The fourth-order valence-corrected chi connectivity index (χ4v) is 3.48. The molecule has 1 saturated heterocycles. The fourth-order valence-electron chi connectivity index (χ4n) is 2.82. The van der Waals surface area contributed by atoms with Crippen molar-refractivity contribution in [1.29, 1.82) is 0 Å². The maximum atomic E-state index is 12.5. The third kappa shape index (κ3) is 3.76. The molecule has 0 spiro atoms. The molecule has 23 heavy (non-hydrogen) atoms. The molecule has 5 nitrogen and oxygen atoms in total. The van der Waals surface area contributed by atoms with E-state index in [1.807, 2.05) is 35.0 Å². The Morgan fingerprint density at radius 1 is 1.43 bits per heavy atom. The fraction of sp³-hybridized carbons (Fsp3) is 0.353. The Morgan fingerprint density at radius 3 is 3.00 bits per heavy atom. The Morgan fingerprint density at radius 2 is 2.30 bits per heavy atom. The predicted molar refractivity (Wildman–Crippen MR) is 88.6 cm³/mol. The van der Waals surface area contributed by atoms with Crippen LogP contribution in [0.1, 0.15) is 17.7 Å². The first kappa shape index (κ1) is 15.7. The summed E-state index contributed by atoms with van der Waals surface area (Å²) >= 11 is 1.62. The van der Waals surface area contributed by atoms with Crippen LogP contribution in [0.5, 0.6) is 0 Å². The van der Waals surface area contributed by atoms with Crippen molar-refractivity contribution in [1.82, 2.24) is 14.8 Å². The van der Waals surface area contributed by atoms with Gasteiger partial charge in [-0.2, -0.15) is 11.3 Å². The predicted octanol–water partition coefficient (Wildman–Crippen LogP) is 2.15. The molecule has 0 aliphatic carbocycles. The van der Waals surface area contributed by atoms with E-state index >= 15 is 0 Å². The Bertz CT molecular complexity index is 672. The molecule has 2 aromatic heterocycles. The molecule has 1 atom stereocenters. The lowest BCUT2D eigenvalue weighted by Gasteiger charge is -2.21. The van der Waals surface area contributed by atoms with Gasteiger partial charge in [0.25, 0.3) is 0 Å². The quantitative estimate of drug-likeness (QED) is 0.844. The van der Waals surface area contributed by atoms with Gasteiger partial charge in [-0.15, -0.1) is 0 Å². The van der Waals surface area contributed by atoms with Crippen LogP contribution >= 0.6 is 11.3 Å². The van der Waals surface area contributed by atoms with Gasteiger partial charge in [0.1, 0.15) is 0 Å². The Kier molecular flexibility index (Phi) is 4.71. The smallest absolute Gasteiger partial charge is 0.228 e. The van der Waals surface area contributed by atoms with Gasteiger partial charge in [0.2, 0.25) is 11.8 Å². The summed E-state index contributed by atoms with van der Waals surface area (Å²) in [5, 5.41) is 4.04. The molecule has 3 rings (SSSR count). The third-order valence-corrected chi connectivity index (χ3v) is 4.75. The van der Waals surface area contributed by atoms with Crippen molar-refractivity contribution in [2.45, 2.75) is 19.5 Å². The largest absolute Gasteiger partial charge is 0.341 e. The molecule has 0 aromatic carbocycles.